The van der Waals surface area contributed by atoms with Crippen molar-refractivity contribution in [3.63, 3.8) is 0 Å². The number of benzene rings is 2. The highest BCUT2D eigenvalue weighted by atomic mass is 32.2. The molecule has 1 unspecified atom stereocenters. The van der Waals surface area contributed by atoms with Gasteiger partial charge in [0.1, 0.15) is 10.3 Å². The number of hydrogen-bond donors (Lipinski definition) is 1. The highest BCUT2D eigenvalue weighted by Gasteiger charge is 2.29. The van der Waals surface area contributed by atoms with Crippen molar-refractivity contribution in [2.24, 2.45) is 5.92 Å². The van der Waals surface area contributed by atoms with Crippen molar-refractivity contribution >= 4 is 42.7 Å². The first-order valence-electron chi connectivity index (χ1n) is 12.8. The van der Waals surface area contributed by atoms with Gasteiger partial charge in [-0.15, -0.1) is 4.48 Å². The lowest BCUT2D eigenvalue weighted by molar-refractivity contribution is -0.118. The molecule has 0 bridgehead atoms. The van der Waals surface area contributed by atoms with Gasteiger partial charge in [-0.1, -0.05) is 79.5 Å². The van der Waals surface area contributed by atoms with E-state index < -0.39 is 15.9 Å². The molecule has 0 saturated heterocycles. The number of hydrogen-bond acceptors (Lipinski definition) is 7. The molecule has 0 aliphatic heterocycles. The summed E-state index contributed by atoms with van der Waals surface area (Å²) in [5.41, 5.74) is 1.87. The van der Waals surface area contributed by atoms with E-state index in [2.05, 4.69) is 15.3 Å². The second kappa shape index (κ2) is 11.8. The first kappa shape index (κ1) is 27.2. The number of anilines is 1. The Bertz CT molecular complexity index is 1540. The van der Waals surface area contributed by atoms with Gasteiger partial charge in [-0.2, -0.15) is 0 Å². The fourth-order valence-corrected chi connectivity index (χ4v) is 6.79. The molecule has 1 amide bonds. The minimum absolute atomic E-state index is 0.157. The van der Waals surface area contributed by atoms with Crippen LogP contribution in [-0.4, -0.2) is 35.9 Å². The zero-order valence-corrected chi connectivity index (χ0v) is 23.1. The van der Waals surface area contributed by atoms with Crippen LogP contribution in [0.5, 0.6) is 5.88 Å². The maximum absolute atomic E-state index is 14.8. The van der Waals surface area contributed by atoms with Gasteiger partial charge in [-0.25, -0.2) is 18.4 Å². The number of nitrogens with zero attached hydrogens (tertiary/aromatic N) is 3. The predicted molar refractivity (Wildman–Crippen MR) is 149 cm³/mol. The fourth-order valence-electron chi connectivity index (χ4n) is 4.93. The van der Waals surface area contributed by atoms with Crippen LogP contribution in [0, 0.1) is 5.92 Å². The van der Waals surface area contributed by atoms with Crippen LogP contribution in [-0.2, 0) is 21.4 Å². The molecule has 1 atom stereocenters. The fraction of sp³-hybridized carbons (Fsp3) is 0.321. The summed E-state index contributed by atoms with van der Waals surface area (Å²) < 4.78 is 45.5. The molecule has 1 aliphatic rings. The van der Waals surface area contributed by atoms with Crippen LogP contribution < -0.4 is 10.1 Å². The van der Waals surface area contributed by atoms with Crippen molar-refractivity contribution < 1.29 is 22.4 Å². The molecule has 0 spiro atoms. The van der Waals surface area contributed by atoms with Crippen molar-refractivity contribution in [2.75, 3.05) is 12.4 Å². The number of ether oxygens (including phenoxy) is 1. The Kier molecular flexibility index (Phi) is 8.20. The first-order valence-corrected chi connectivity index (χ1v) is 15.0. The standard InChI is InChI=1S/C28H29FN4O4S2/c1-37-25-16-15-24-27(31-25)38-28(30-24)32-26(34)23(17-19-7-5-6-8-19)21-11-13-22(14-12-21)39(35,36)33(29)18-20-9-3-2-4-10-20/h2-4,9-16,19,23H,5-8,17-18H2,1H3,(H,30,32,34). The SMILES string of the molecule is COc1ccc2nc(NC(=O)C(CC3CCCC3)c3ccc(S(=O)(=O)N(F)Cc4ccccc4)cc3)sc2n1. The van der Waals surface area contributed by atoms with E-state index >= 15 is 0 Å². The molecule has 39 heavy (non-hydrogen) atoms. The lowest BCUT2D eigenvalue weighted by Gasteiger charge is -2.20. The zero-order chi connectivity index (χ0) is 27.4. The number of methoxy groups -OCH3 is 1. The molecule has 1 N–H and O–H groups in total. The van der Waals surface area contributed by atoms with Crippen LogP contribution in [0.1, 0.15) is 49.1 Å². The van der Waals surface area contributed by atoms with E-state index in [-0.39, 0.29) is 21.9 Å². The number of aromatic nitrogens is 2. The Hall–Kier alpha value is -3.41. The van der Waals surface area contributed by atoms with Crippen LogP contribution in [0.15, 0.2) is 71.6 Å². The summed E-state index contributed by atoms with van der Waals surface area (Å²) in [4.78, 5) is 22.8. The molecule has 8 nitrogen and oxygen atoms in total. The first-order chi connectivity index (χ1) is 18.8. The van der Waals surface area contributed by atoms with Gasteiger partial charge in [0.15, 0.2) is 5.13 Å². The number of fused-ring (bicyclic) bond motifs is 1. The van der Waals surface area contributed by atoms with E-state index in [0.717, 1.165) is 25.7 Å². The number of rotatable bonds is 10. The Morgan fingerprint density at radius 1 is 1.08 bits per heavy atom. The smallest absolute Gasteiger partial charge is 0.269 e. The van der Waals surface area contributed by atoms with Gasteiger partial charge >= 0.3 is 0 Å². The molecule has 1 aliphatic carbocycles. The molecule has 2 aromatic heterocycles. The summed E-state index contributed by atoms with van der Waals surface area (Å²) in [5, 5.41) is 3.36. The number of pyridine rings is 1. The third kappa shape index (κ3) is 6.26. The van der Waals surface area contributed by atoms with Crippen LogP contribution >= 0.6 is 11.3 Å². The summed E-state index contributed by atoms with van der Waals surface area (Å²) in [6.07, 6.45) is 5.01. The molecule has 204 valence electrons. The topological polar surface area (TPSA) is 101 Å². The monoisotopic (exact) mass is 568 g/mol. The van der Waals surface area contributed by atoms with E-state index in [1.54, 1.807) is 54.6 Å². The molecular weight excluding hydrogens is 539 g/mol. The number of carbonyl (C=O) groups is 1. The number of thiazole rings is 1. The number of carbonyl (C=O) groups excluding carboxylic acids is 1. The highest BCUT2D eigenvalue weighted by Crippen LogP contribution is 2.36. The summed E-state index contributed by atoms with van der Waals surface area (Å²) in [6.45, 7) is -0.388. The number of sulfonamides is 1. The third-order valence-electron chi connectivity index (χ3n) is 7.02. The van der Waals surface area contributed by atoms with E-state index in [1.807, 2.05) is 0 Å². The second-order valence-electron chi connectivity index (χ2n) is 9.63. The lowest BCUT2D eigenvalue weighted by atomic mass is 9.87. The van der Waals surface area contributed by atoms with Crippen molar-refractivity contribution in [2.45, 2.75) is 49.5 Å². The predicted octanol–water partition coefficient (Wildman–Crippen LogP) is 6.08. The molecular formula is C28H29FN4O4S2. The lowest BCUT2D eigenvalue weighted by Crippen LogP contribution is -2.24. The molecule has 11 heteroatoms. The number of amides is 1. The minimum atomic E-state index is -4.35. The van der Waals surface area contributed by atoms with E-state index in [1.165, 1.54) is 30.6 Å². The second-order valence-corrected chi connectivity index (χ2v) is 12.4. The van der Waals surface area contributed by atoms with Crippen molar-refractivity contribution in [3.05, 3.63) is 77.9 Å². The molecule has 1 fully saturated rings. The molecule has 4 aromatic rings. The van der Waals surface area contributed by atoms with E-state index in [4.69, 9.17) is 4.74 Å². The Morgan fingerprint density at radius 3 is 2.49 bits per heavy atom. The summed E-state index contributed by atoms with van der Waals surface area (Å²) in [6, 6.07) is 18.0. The third-order valence-corrected chi connectivity index (χ3v) is 9.42. The van der Waals surface area contributed by atoms with Gasteiger partial charge in [0.05, 0.1) is 24.5 Å². The largest absolute Gasteiger partial charge is 0.481 e. The van der Waals surface area contributed by atoms with E-state index in [9.17, 15) is 17.7 Å². The Morgan fingerprint density at radius 2 is 1.79 bits per heavy atom. The Labute approximate surface area is 230 Å². The van der Waals surface area contributed by atoms with Gasteiger partial charge in [0.25, 0.3) is 10.0 Å². The van der Waals surface area contributed by atoms with Crippen molar-refractivity contribution in [1.29, 1.82) is 0 Å². The van der Waals surface area contributed by atoms with Crippen LogP contribution in [0.4, 0.5) is 9.61 Å². The maximum atomic E-state index is 14.8. The van der Waals surface area contributed by atoms with E-state index in [0.29, 0.717) is 44.8 Å². The van der Waals surface area contributed by atoms with Crippen LogP contribution in [0.2, 0.25) is 0 Å². The number of nitrogens with one attached hydrogen (secondary N) is 1. The quantitative estimate of drug-likeness (QED) is 0.233. The zero-order valence-electron chi connectivity index (χ0n) is 21.4. The van der Waals surface area contributed by atoms with Gasteiger partial charge in [-0.3, -0.25) is 4.79 Å². The van der Waals surface area contributed by atoms with Crippen LogP contribution in [0.3, 0.4) is 0 Å². The van der Waals surface area contributed by atoms with Gasteiger partial charge < -0.3 is 10.1 Å². The van der Waals surface area contributed by atoms with Gasteiger partial charge in [0, 0.05) is 6.07 Å². The molecule has 2 heterocycles. The maximum Gasteiger partial charge on any atom is 0.269 e. The minimum Gasteiger partial charge on any atom is -0.481 e. The van der Waals surface area contributed by atoms with Gasteiger partial charge in [-0.05, 0) is 46.2 Å². The normalized spacial score (nSPS) is 15.1. The van der Waals surface area contributed by atoms with Crippen LogP contribution in [0.25, 0.3) is 10.3 Å². The average Bonchev–Trinajstić information content (AvgIpc) is 3.61. The van der Waals surface area contributed by atoms with Crippen molar-refractivity contribution in [1.82, 2.24) is 14.5 Å². The summed E-state index contributed by atoms with van der Waals surface area (Å²) in [7, 11) is -2.81. The highest BCUT2D eigenvalue weighted by molar-refractivity contribution is 7.89. The summed E-state index contributed by atoms with van der Waals surface area (Å²) >= 11 is 1.26. The van der Waals surface area contributed by atoms with Gasteiger partial charge in [0.2, 0.25) is 11.8 Å². The summed E-state index contributed by atoms with van der Waals surface area (Å²) in [5.74, 6) is 0.135. The molecule has 2 aromatic carbocycles. The molecule has 1 saturated carbocycles. The average molecular weight is 569 g/mol. The molecule has 5 rings (SSSR count). The Balaban J connectivity index is 1.36. The molecule has 0 radical (unpaired) electrons. The van der Waals surface area contributed by atoms with Crippen molar-refractivity contribution in [3.8, 4) is 5.88 Å². The number of halogens is 1.